The first-order chi connectivity index (χ1) is 12.0. The molecule has 0 N–H and O–H groups in total. The first-order valence-electron chi connectivity index (χ1n) is 8.64. The number of nitrogens with zero attached hydrogens (tertiary/aromatic N) is 1. The fourth-order valence-corrected chi connectivity index (χ4v) is 2.95. The Hall–Kier alpha value is -2.24. The number of benzene rings is 1. The monoisotopic (exact) mass is 349 g/mol. The van der Waals surface area contributed by atoms with Crippen LogP contribution < -0.4 is 9.47 Å². The van der Waals surface area contributed by atoms with Gasteiger partial charge in [0.2, 0.25) is 0 Å². The van der Waals surface area contributed by atoms with Gasteiger partial charge in [-0.3, -0.25) is 4.79 Å². The fourth-order valence-electron chi connectivity index (χ4n) is 2.95. The Morgan fingerprint density at radius 3 is 2.40 bits per heavy atom. The molecule has 0 saturated carbocycles. The number of ether oxygens (including phenoxy) is 3. The molecule has 1 saturated heterocycles. The lowest BCUT2D eigenvalue weighted by molar-refractivity contribution is 0.0695. The Morgan fingerprint density at radius 2 is 1.84 bits per heavy atom. The number of para-hydroxylation sites is 1. The molecule has 2 rings (SSSR count). The molecule has 0 aliphatic carbocycles. The second-order valence-electron chi connectivity index (χ2n) is 6.64. The van der Waals surface area contributed by atoms with Gasteiger partial charge in [0.25, 0.3) is 0 Å². The van der Waals surface area contributed by atoms with Gasteiger partial charge < -0.3 is 19.1 Å². The van der Waals surface area contributed by atoms with Crippen LogP contribution >= 0.6 is 0 Å². The van der Waals surface area contributed by atoms with Gasteiger partial charge in [-0.1, -0.05) is 19.9 Å². The van der Waals surface area contributed by atoms with E-state index in [1.54, 1.807) is 30.2 Å². The lowest BCUT2D eigenvalue weighted by Gasteiger charge is -2.31. The van der Waals surface area contributed by atoms with Crippen molar-refractivity contribution in [1.82, 2.24) is 4.90 Å². The quantitative estimate of drug-likeness (QED) is 0.737. The number of ketones is 1. The Balaban J connectivity index is 1.99. The van der Waals surface area contributed by atoms with E-state index in [4.69, 9.17) is 14.2 Å². The number of likely N-dealkylation sites (tertiary alicyclic amines) is 1. The first kappa shape index (κ1) is 19.1. The van der Waals surface area contributed by atoms with E-state index in [0.717, 1.165) is 0 Å². The van der Waals surface area contributed by atoms with Crippen molar-refractivity contribution in [2.75, 3.05) is 33.9 Å². The van der Waals surface area contributed by atoms with E-state index in [0.29, 0.717) is 55.5 Å². The summed E-state index contributed by atoms with van der Waals surface area (Å²) in [4.78, 5) is 26.6. The van der Waals surface area contributed by atoms with Gasteiger partial charge in [0.15, 0.2) is 17.3 Å². The van der Waals surface area contributed by atoms with Crippen LogP contribution in [0.25, 0.3) is 0 Å². The summed E-state index contributed by atoms with van der Waals surface area (Å²) in [6, 6.07) is 5.31. The number of amides is 1. The molecule has 0 radical (unpaired) electrons. The molecule has 0 atom stereocenters. The maximum absolute atomic E-state index is 12.9. The average Bonchev–Trinajstić information content (AvgIpc) is 2.64. The lowest BCUT2D eigenvalue weighted by Crippen LogP contribution is -2.41. The van der Waals surface area contributed by atoms with E-state index >= 15 is 0 Å². The zero-order chi connectivity index (χ0) is 18.4. The first-order valence-corrected chi connectivity index (χ1v) is 8.64. The third-order valence-electron chi connectivity index (χ3n) is 4.33. The predicted molar refractivity (Wildman–Crippen MR) is 94.4 cm³/mol. The molecule has 1 fully saturated rings. The van der Waals surface area contributed by atoms with Gasteiger partial charge in [-0.2, -0.15) is 0 Å². The molecule has 0 spiro atoms. The van der Waals surface area contributed by atoms with Crippen LogP contribution in [0, 0.1) is 11.8 Å². The van der Waals surface area contributed by atoms with Crippen molar-refractivity contribution in [2.24, 2.45) is 11.8 Å². The molecule has 0 bridgehead atoms. The lowest BCUT2D eigenvalue weighted by atomic mass is 9.88. The molecule has 1 aliphatic rings. The molecule has 25 heavy (non-hydrogen) atoms. The predicted octanol–water partition coefficient (Wildman–Crippen LogP) is 3.39. The van der Waals surface area contributed by atoms with Crippen LogP contribution in [-0.2, 0) is 4.74 Å². The molecule has 1 aliphatic heterocycles. The summed E-state index contributed by atoms with van der Waals surface area (Å²) in [7, 11) is 3.08. The topological polar surface area (TPSA) is 65.1 Å². The zero-order valence-corrected chi connectivity index (χ0v) is 15.4. The minimum Gasteiger partial charge on any atom is -0.493 e. The molecule has 6 nitrogen and oxygen atoms in total. The fraction of sp³-hybridized carbons (Fsp3) is 0.579. The van der Waals surface area contributed by atoms with Crippen LogP contribution in [0.1, 0.15) is 37.0 Å². The van der Waals surface area contributed by atoms with Crippen molar-refractivity contribution in [2.45, 2.75) is 26.7 Å². The largest absolute Gasteiger partial charge is 0.493 e. The summed E-state index contributed by atoms with van der Waals surface area (Å²) in [5, 5.41) is 0. The van der Waals surface area contributed by atoms with E-state index < -0.39 is 0 Å². The molecular weight excluding hydrogens is 322 g/mol. The summed E-state index contributed by atoms with van der Waals surface area (Å²) in [5.41, 5.74) is 0.530. The van der Waals surface area contributed by atoms with Gasteiger partial charge in [0.1, 0.15) is 0 Å². The van der Waals surface area contributed by atoms with Gasteiger partial charge in [0.05, 0.1) is 26.4 Å². The van der Waals surface area contributed by atoms with Crippen molar-refractivity contribution in [3.63, 3.8) is 0 Å². The Bertz CT molecular complexity index is 606. The van der Waals surface area contributed by atoms with Gasteiger partial charge >= 0.3 is 6.09 Å². The highest BCUT2D eigenvalue weighted by atomic mass is 16.6. The standard InChI is InChI=1S/C19H27NO5/c1-13(2)12-25-19(22)20-10-8-14(9-11-20)17(21)15-6-5-7-16(23-3)18(15)24-4/h5-7,13-14H,8-12H2,1-4H3. The van der Waals surface area contributed by atoms with E-state index in [-0.39, 0.29) is 17.8 Å². The van der Waals surface area contributed by atoms with Crippen molar-refractivity contribution >= 4 is 11.9 Å². The van der Waals surface area contributed by atoms with E-state index in [1.165, 1.54) is 7.11 Å². The summed E-state index contributed by atoms with van der Waals surface area (Å²) in [6.45, 7) is 5.47. The van der Waals surface area contributed by atoms with Gasteiger partial charge in [-0.05, 0) is 30.9 Å². The van der Waals surface area contributed by atoms with Crippen LogP contribution in [0.15, 0.2) is 18.2 Å². The Kier molecular flexibility index (Phi) is 6.67. The molecule has 1 amide bonds. The van der Waals surface area contributed by atoms with Gasteiger partial charge in [-0.25, -0.2) is 4.79 Å². The van der Waals surface area contributed by atoms with E-state index in [2.05, 4.69) is 0 Å². The number of carbonyl (C=O) groups is 2. The molecule has 138 valence electrons. The minimum absolute atomic E-state index is 0.0333. The number of hydrogen-bond donors (Lipinski definition) is 0. The zero-order valence-electron chi connectivity index (χ0n) is 15.4. The van der Waals surface area contributed by atoms with Gasteiger partial charge in [0, 0.05) is 19.0 Å². The van der Waals surface area contributed by atoms with Crippen molar-refractivity contribution in [3.05, 3.63) is 23.8 Å². The summed E-state index contributed by atoms with van der Waals surface area (Å²) in [6.07, 6.45) is 0.949. The summed E-state index contributed by atoms with van der Waals surface area (Å²) >= 11 is 0. The molecule has 0 unspecified atom stereocenters. The van der Waals surface area contributed by atoms with Crippen LogP contribution in [0.4, 0.5) is 4.79 Å². The summed E-state index contributed by atoms with van der Waals surface area (Å²) < 4.78 is 15.9. The highest BCUT2D eigenvalue weighted by Crippen LogP contribution is 2.34. The van der Waals surface area contributed by atoms with Crippen LogP contribution in [0.3, 0.4) is 0 Å². The third-order valence-corrected chi connectivity index (χ3v) is 4.33. The second-order valence-corrected chi connectivity index (χ2v) is 6.64. The van der Waals surface area contributed by atoms with Gasteiger partial charge in [-0.15, -0.1) is 0 Å². The number of piperidine rings is 1. The van der Waals surface area contributed by atoms with Crippen molar-refractivity contribution in [3.8, 4) is 11.5 Å². The third kappa shape index (κ3) is 4.65. The van der Waals surface area contributed by atoms with Crippen LogP contribution in [-0.4, -0.2) is 50.7 Å². The maximum Gasteiger partial charge on any atom is 0.409 e. The molecule has 1 aromatic carbocycles. The SMILES string of the molecule is COc1cccc(C(=O)C2CCN(C(=O)OCC(C)C)CC2)c1OC. The Morgan fingerprint density at radius 1 is 1.16 bits per heavy atom. The highest BCUT2D eigenvalue weighted by molar-refractivity contribution is 6.01. The number of rotatable bonds is 6. The van der Waals surface area contributed by atoms with Crippen LogP contribution in [0.5, 0.6) is 11.5 Å². The maximum atomic E-state index is 12.9. The second kappa shape index (κ2) is 8.74. The number of hydrogen-bond acceptors (Lipinski definition) is 5. The molecular formula is C19H27NO5. The average molecular weight is 349 g/mol. The molecule has 1 heterocycles. The number of carbonyl (C=O) groups excluding carboxylic acids is 2. The van der Waals surface area contributed by atoms with Crippen LogP contribution in [0.2, 0.25) is 0 Å². The van der Waals surface area contributed by atoms with E-state index in [1.807, 2.05) is 13.8 Å². The smallest absolute Gasteiger partial charge is 0.409 e. The van der Waals surface area contributed by atoms with Crippen molar-refractivity contribution < 1.29 is 23.8 Å². The molecule has 0 aromatic heterocycles. The van der Waals surface area contributed by atoms with E-state index in [9.17, 15) is 9.59 Å². The highest BCUT2D eigenvalue weighted by Gasteiger charge is 2.30. The number of methoxy groups -OCH3 is 2. The number of Topliss-reactive ketones (excluding diaryl/α,β-unsaturated/α-hetero) is 1. The molecule has 1 aromatic rings. The summed E-state index contributed by atoms with van der Waals surface area (Å²) in [5.74, 6) is 1.22. The normalized spacial score (nSPS) is 15.2. The Labute approximate surface area is 149 Å². The minimum atomic E-state index is -0.293. The van der Waals surface area contributed by atoms with Crippen molar-refractivity contribution in [1.29, 1.82) is 0 Å². The molecule has 6 heteroatoms.